The minimum absolute atomic E-state index is 0.0106. The fourth-order valence-electron chi connectivity index (χ4n) is 10.5. The Kier molecular flexibility index (Phi) is 10.2. The van der Waals surface area contributed by atoms with Crippen molar-refractivity contribution < 1.29 is 42.2 Å². The molecule has 0 spiro atoms. The Morgan fingerprint density at radius 2 is 1.63 bits per heavy atom. The number of hydrogen-bond acceptors (Lipinski definition) is 10. The maximum Gasteiger partial charge on any atom is 0.349 e. The second-order valence-corrected chi connectivity index (χ2v) is 28.9. The number of aromatic nitrogens is 1. The highest BCUT2D eigenvalue weighted by molar-refractivity contribution is 6.77. The number of aliphatic hydroxyl groups is 2. The third kappa shape index (κ3) is 5.64. The molecule has 6 rings (SSSR count). The van der Waals surface area contributed by atoms with Crippen molar-refractivity contribution in [1.29, 1.82) is 0 Å². The van der Waals surface area contributed by atoms with E-state index in [1.54, 1.807) is 7.11 Å². The number of methoxy groups -OCH3 is 1. The van der Waals surface area contributed by atoms with Gasteiger partial charge in [0.05, 0.1) is 23.8 Å². The fraction of sp³-hybridized carbons (Fsp3) is 0.725. The predicted molar refractivity (Wildman–Crippen MR) is 205 cm³/mol. The SMILES string of the molecule is COCOc1cccc2c1-c1noc3c1[C@](O)(C[C@@H](C)C3)[C@]2(O)C1=C[C@@H](O[Si](C(C)C)(C(C)C)C(C)C)[C@@H]2O[Si](C(C)(C)C)(C(C)(C)C)OC[C@H]2O1. The van der Waals surface area contributed by atoms with Crippen LogP contribution in [0.2, 0.25) is 26.7 Å². The van der Waals surface area contributed by atoms with Gasteiger partial charge in [-0.1, -0.05) is 107 Å². The van der Waals surface area contributed by atoms with E-state index >= 15 is 0 Å². The van der Waals surface area contributed by atoms with Crippen molar-refractivity contribution in [2.45, 2.75) is 159 Å². The van der Waals surface area contributed by atoms with Gasteiger partial charge in [0, 0.05) is 29.2 Å². The lowest BCUT2D eigenvalue weighted by atomic mass is 9.59. The number of benzene rings is 1. The van der Waals surface area contributed by atoms with Crippen LogP contribution in [0.1, 0.15) is 113 Å². The summed E-state index contributed by atoms with van der Waals surface area (Å²) in [4.78, 5) is 0. The molecule has 1 aromatic carbocycles. The molecule has 0 bridgehead atoms. The Balaban J connectivity index is 1.61. The van der Waals surface area contributed by atoms with Crippen LogP contribution in [0.3, 0.4) is 0 Å². The molecule has 1 aromatic heterocycles. The minimum Gasteiger partial charge on any atom is -0.486 e. The summed E-state index contributed by atoms with van der Waals surface area (Å²) in [5.74, 6) is 1.20. The maximum atomic E-state index is 13.6. The van der Waals surface area contributed by atoms with Gasteiger partial charge in [-0.25, -0.2) is 0 Å². The van der Waals surface area contributed by atoms with Gasteiger partial charge < -0.3 is 42.2 Å². The number of fused-ring (bicyclic) bond motifs is 3. The van der Waals surface area contributed by atoms with Crippen molar-refractivity contribution in [3.63, 3.8) is 0 Å². The molecule has 0 amide bonds. The Hall–Kier alpha value is -2.04. The van der Waals surface area contributed by atoms with Gasteiger partial charge in [-0.05, 0) is 41.1 Å². The molecule has 2 aliphatic heterocycles. The zero-order chi connectivity index (χ0) is 38.4. The molecule has 0 saturated carbocycles. The van der Waals surface area contributed by atoms with Gasteiger partial charge >= 0.3 is 8.56 Å². The lowest BCUT2D eigenvalue weighted by Crippen LogP contribution is -2.69. The summed E-state index contributed by atoms with van der Waals surface area (Å²) in [6.45, 7) is 29.2. The summed E-state index contributed by atoms with van der Waals surface area (Å²) in [5.41, 5.74) is -1.14. The summed E-state index contributed by atoms with van der Waals surface area (Å²) in [6, 6.07) is 5.44. The van der Waals surface area contributed by atoms with Crippen molar-refractivity contribution in [3.8, 4) is 17.0 Å². The molecule has 12 heteroatoms. The topological polar surface area (TPSA) is 122 Å². The molecule has 0 unspecified atom stereocenters. The Morgan fingerprint density at radius 1 is 1.00 bits per heavy atom. The van der Waals surface area contributed by atoms with Crippen LogP contribution in [0.15, 0.2) is 34.6 Å². The monoisotopic (exact) mass is 757 g/mol. The third-order valence-corrected chi connectivity index (χ3v) is 23.6. The second-order valence-electron chi connectivity index (χ2n) is 18.7. The molecular weight excluding hydrogens is 695 g/mol. The zero-order valence-corrected chi connectivity index (χ0v) is 35.9. The molecule has 10 nitrogen and oxygen atoms in total. The standard InChI is InChI=1S/C40H63NO9Si2/c1-23(2)51(24(3)4,25(5)6)49-30-19-32(47-31-21-46-52(37(8,9)10,38(11,12)13)50-36(30)31)40(43)27-16-15-17-28(45-22-44-14)33(27)35-34-29(48-41-35)18-26(7)20-39(34,40)42/h15-17,19,23-26,30-31,36,42-43H,18,20-22H2,1-14H3/t26-,30+,31+,36-,39+,40+/m0/s1. The molecular formula is C40H63NO9Si2. The van der Waals surface area contributed by atoms with Gasteiger partial charge in [0.25, 0.3) is 0 Å². The summed E-state index contributed by atoms with van der Waals surface area (Å²) in [7, 11) is -3.95. The maximum absolute atomic E-state index is 13.6. The fourth-order valence-corrected chi connectivity index (χ4v) is 21.0. The van der Waals surface area contributed by atoms with Crippen LogP contribution in [-0.4, -0.2) is 71.1 Å². The van der Waals surface area contributed by atoms with Gasteiger partial charge in [-0.15, -0.1) is 0 Å². The quantitative estimate of drug-likeness (QED) is 0.190. The van der Waals surface area contributed by atoms with Crippen molar-refractivity contribution in [3.05, 3.63) is 46.9 Å². The molecule has 4 aliphatic rings. The van der Waals surface area contributed by atoms with Crippen LogP contribution in [0.25, 0.3) is 11.3 Å². The van der Waals surface area contributed by atoms with Crippen LogP contribution in [0, 0.1) is 5.92 Å². The summed E-state index contributed by atoms with van der Waals surface area (Å²) in [5, 5.41) is 30.8. The van der Waals surface area contributed by atoms with Gasteiger partial charge in [-0.3, -0.25) is 0 Å². The van der Waals surface area contributed by atoms with E-state index in [1.165, 1.54) is 0 Å². The van der Waals surface area contributed by atoms with Crippen LogP contribution in [0.5, 0.6) is 5.75 Å². The van der Waals surface area contributed by atoms with Crippen molar-refractivity contribution in [2.24, 2.45) is 5.92 Å². The second kappa shape index (κ2) is 13.3. The van der Waals surface area contributed by atoms with Gasteiger partial charge in [0.15, 0.2) is 12.4 Å². The number of ether oxygens (including phenoxy) is 3. The first-order chi connectivity index (χ1) is 24.1. The Bertz CT molecular complexity index is 1640. The Labute approximate surface area is 312 Å². The first-order valence-corrected chi connectivity index (χ1v) is 23.1. The average molecular weight is 758 g/mol. The van der Waals surface area contributed by atoms with E-state index in [9.17, 15) is 10.2 Å². The van der Waals surface area contributed by atoms with Crippen LogP contribution >= 0.6 is 0 Å². The first kappa shape index (κ1) is 39.7. The van der Waals surface area contributed by atoms with E-state index < -0.39 is 46.4 Å². The lowest BCUT2D eigenvalue weighted by molar-refractivity contribution is -0.206. The Morgan fingerprint density at radius 3 is 2.21 bits per heavy atom. The molecule has 290 valence electrons. The van der Waals surface area contributed by atoms with Crippen LogP contribution < -0.4 is 4.74 Å². The first-order valence-electron chi connectivity index (χ1n) is 19.2. The minimum atomic E-state index is -2.97. The largest absolute Gasteiger partial charge is 0.486 e. The molecule has 2 N–H and O–H groups in total. The van der Waals surface area contributed by atoms with Gasteiger partial charge in [0.1, 0.15) is 40.8 Å². The van der Waals surface area contributed by atoms with E-state index in [0.717, 1.165) is 0 Å². The highest BCUT2D eigenvalue weighted by atomic mass is 28.4. The van der Waals surface area contributed by atoms with E-state index in [2.05, 4.69) is 95.2 Å². The van der Waals surface area contributed by atoms with Crippen LogP contribution in [0.4, 0.5) is 0 Å². The lowest BCUT2D eigenvalue weighted by Gasteiger charge is -2.58. The van der Waals surface area contributed by atoms with Crippen molar-refractivity contribution in [1.82, 2.24) is 5.16 Å². The predicted octanol–water partition coefficient (Wildman–Crippen LogP) is 8.60. The third-order valence-electron chi connectivity index (χ3n) is 12.4. The molecule has 2 aliphatic carbocycles. The molecule has 0 radical (unpaired) electrons. The van der Waals surface area contributed by atoms with E-state index in [4.69, 9.17) is 32.0 Å². The smallest absolute Gasteiger partial charge is 0.349 e. The zero-order valence-electron chi connectivity index (χ0n) is 33.9. The van der Waals surface area contributed by atoms with Crippen molar-refractivity contribution >= 4 is 16.9 Å². The molecule has 52 heavy (non-hydrogen) atoms. The van der Waals surface area contributed by atoms with E-state index in [1.807, 2.05) is 24.3 Å². The molecule has 1 fully saturated rings. The number of hydrogen-bond donors (Lipinski definition) is 2. The van der Waals surface area contributed by atoms with E-state index in [-0.39, 0.29) is 41.6 Å². The summed E-state index contributed by atoms with van der Waals surface area (Å²) < 4.78 is 46.3. The highest BCUT2D eigenvalue weighted by Crippen LogP contribution is 2.63. The number of rotatable bonds is 9. The number of nitrogens with zero attached hydrogens (tertiary/aromatic N) is 1. The molecule has 1 saturated heterocycles. The van der Waals surface area contributed by atoms with Gasteiger partial charge in [-0.2, -0.15) is 0 Å². The van der Waals surface area contributed by atoms with E-state index in [0.29, 0.717) is 56.9 Å². The van der Waals surface area contributed by atoms with Crippen molar-refractivity contribution in [2.75, 3.05) is 20.5 Å². The molecule has 3 heterocycles. The van der Waals surface area contributed by atoms with Gasteiger partial charge in [0.2, 0.25) is 8.32 Å². The van der Waals surface area contributed by atoms with Crippen LogP contribution in [-0.2, 0) is 40.4 Å². The summed E-state index contributed by atoms with van der Waals surface area (Å²) in [6.07, 6.45) is 1.08. The normalized spacial score (nSPS) is 30.1. The summed E-state index contributed by atoms with van der Waals surface area (Å²) >= 11 is 0. The molecule has 6 atom stereocenters. The molecule has 2 aromatic rings. The highest BCUT2D eigenvalue weighted by Gasteiger charge is 2.68. The average Bonchev–Trinajstić information content (AvgIpc) is 3.47.